The number of rotatable bonds is 3. The summed E-state index contributed by atoms with van der Waals surface area (Å²) in [5, 5.41) is 3.83. The van der Waals surface area contributed by atoms with E-state index in [0.29, 0.717) is 3.83 Å². The summed E-state index contributed by atoms with van der Waals surface area (Å²) in [5.41, 5.74) is -0.0134. The second kappa shape index (κ2) is 4.44. The van der Waals surface area contributed by atoms with Gasteiger partial charge < -0.3 is 0 Å². The summed E-state index contributed by atoms with van der Waals surface area (Å²) in [5.74, 6) is -2.93. The number of halogens is 3. The van der Waals surface area contributed by atoms with Gasteiger partial charge in [0.15, 0.2) is 0 Å². The molecule has 0 atom stereocenters. The first-order valence-corrected chi connectivity index (χ1v) is 5.64. The quantitative estimate of drug-likeness (QED) is 0.808. The fourth-order valence-corrected chi connectivity index (χ4v) is 1.73. The topological polar surface area (TPSA) is 30.7 Å². The molecule has 0 spiro atoms. The zero-order valence-electron chi connectivity index (χ0n) is 8.15. The highest BCUT2D eigenvalue weighted by atomic mass is 127. The molecule has 0 fully saturated rings. The summed E-state index contributed by atoms with van der Waals surface area (Å²) in [6.45, 7) is -0.493. The van der Waals surface area contributed by atoms with Crippen LogP contribution in [0, 0.1) is 3.83 Å². The van der Waals surface area contributed by atoms with Crippen molar-refractivity contribution in [2.24, 2.45) is 0 Å². The Kier molecular flexibility index (Phi) is 3.17. The van der Waals surface area contributed by atoms with Crippen LogP contribution in [0.2, 0.25) is 0 Å². The number of alkyl halides is 2. The van der Waals surface area contributed by atoms with Gasteiger partial charge in [-0.25, -0.2) is 9.67 Å². The van der Waals surface area contributed by atoms with Crippen LogP contribution in [-0.2, 0) is 12.5 Å². The van der Waals surface area contributed by atoms with E-state index in [0.717, 1.165) is 4.68 Å². The van der Waals surface area contributed by atoms with Crippen LogP contribution in [0.3, 0.4) is 0 Å². The first-order valence-electron chi connectivity index (χ1n) is 4.56. The third-order valence-electron chi connectivity index (χ3n) is 2.07. The third kappa shape index (κ3) is 2.55. The first kappa shape index (κ1) is 11.4. The van der Waals surface area contributed by atoms with Crippen molar-refractivity contribution >= 4 is 22.6 Å². The molecule has 84 valence electrons. The second-order valence-corrected chi connectivity index (χ2v) is 4.25. The number of benzene rings is 1. The molecule has 0 aliphatic heterocycles. The fourth-order valence-electron chi connectivity index (χ4n) is 1.32. The van der Waals surface area contributed by atoms with Crippen molar-refractivity contribution in [3.8, 4) is 0 Å². The molecule has 2 rings (SSSR count). The molecule has 1 aromatic heterocycles. The molecule has 0 aliphatic carbocycles. The minimum Gasteiger partial charge on any atom is -0.245 e. The Hall–Kier alpha value is -1.05. The van der Waals surface area contributed by atoms with Crippen molar-refractivity contribution in [2.75, 3.05) is 0 Å². The Morgan fingerprint density at radius 2 is 1.94 bits per heavy atom. The SMILES string of the molecule is FC(F)(Cn1cnc(I)n1)c1ccccc1. The van der Waals surface area contributed by atoms with Crippen LogP contribution in [0.4, 0.5) is 8.78 Å². The van der Waals surface area contributed by atoms with Gasteiger partial charge in [-0.2, -0.15) is 8.78 Å². The lowest BCUT2D eigenvalue weighted by atomic mass is 10.1. The highest BCUT2D eigenvalue weighted by Crippen LogP contribution is 2.29. The highest BCUT2D eigenvalue weighted by molar-refractivity contribution is 14.1. The number of hydrogen-bond acceptors (Lipinski definition) is 2. The van der Waals surface area contributed by atoms with E-state index in [4.69, 9.17) is 0 Å². The van der Waals surface area contributed by atoms with E-state index in [2.05, 4.69) is 10.1 Å². The van der Waals surface area contributed by atoms with E-state index < -0.39 is 12.5 Å². The molecule has 3 nitrogen and oxygen atoms in total. The first-order chi connectivity index (χ1) is 7.58. The second-order valence-electron chi connectivity index (χ2n) is 3.28. The zero-order valence-corrected chi connectivity index (χ0v) is 10.3. The summed E-state index contributed by atoms with van der Waals surface area (Å²) in [6.07, 6.45) is 1.30. The van der Waals surface area contributed by atoms with Gasteiger partial charge in [0.25, 0.3) is 5.92 Å². The van der Waals surface area contributed by atoms with Gasteiger partial charge in [0.05, 0.1) is 0 Å². The zero-order chi connectivity index (χ0) is 11.6. The summed E-state index contributed by atoms with van der Waals surface area (Å²) in [4.78, 5) is 3.80. The Bertz CT molecular complexity index is 470. The Labute approximate surface area is 105 Å². The number of aromatic nitrogens is 3. The van der Waals surface area contributed by atoms with Crippen molar-refractivity contribution in [3.63, 3.8) is 0 Å². The summed E-state index contributed by atoms with van der Waals surface area (Å²) >= 11 is 1.88. The van der Waals surface area contributed by atoms with E-state index in [9.17, 15) is 8.78 Å². The molecule has 1 heterocycles. The van der Waals surface area contributed by atoms with Crippen molar-refractivity contribution in [1.82, 2.24) is 14.8 Å². The highest BCUT2D eigenvalue weighted by Gasteiger charge is 2.32. The Morgan fingerprint density at radius 1 is 1.25 bits per heavy atom. The van der Waals surface area contributed by atoms with Gasteiger partial charge in [0.2, 0.25) is 3.83 Å². The monoisotopic (exact) mass is 335 g/mol. The Morgan fingerprint density at radius 3 is 2.50 bits per heavy atom. The normalized spacial score (nSPS) is 11.7. The van der Waals surface area contributed by atoms with Crippen LogP contribution < -0.4 is 0 Å². The Balaban J connectivity index is 2.20. The molecule has 0 unspecified atom stereocenters. The maximum absolute atomic E-state index is 13.8. The number of hydrogen-bond donors (Lipinski definition) is 0. The predicted molar refractivity (Wildman–Crippen MR) is 63.1 cm³/mol. The average Bonchev–Trinajstić information content (AvgIpc) is 2.64. The van der Waals surface area contributed by atoms with E-state index in [1.165, 1.54) is 18.5 Å². The molecule has 0 saturated carbocycles. The van der Waals surface area contributed by atoms with E-state index >= 15 is 0 Å². The van der Waals surface area contributed by atoms with Crippen LogP contribution >= 0.6 is 22.6 Å². The molecule has 0 amide bonds. The third-order valence-corrected chi connectivity index (χ3v) is 2.56. The van der Waals surface area contributed by atoms with E-state index in [1.54, 1.807) is 18.2 Å². The van der Waals surface area contributed by atoms with Crippen LogP contribution in [0.1, 0.15) is 5.56 Å². The average molecular weight is 335 g/mol. The summed E-state index contributed by atoms with van der Waals surface area (Å²) in [7, 11) is 0. The minimum atomic E-state index is -2.93. The van der Waals surface area contributed by atoms with E-state index in [1.807, 2.05) is 22.6 Å². The summed E-state index contributed by atoms with van der Waals surface area (Å²) < 4.78 is 29.1. The van der Waals surface area contributed by atoms with Gasteiger partial charge in [0, 0.05) is 28.2 Å². The van der Waals surface area contributed by atoms with E-state index in [-0.39, 0.29) is 5.56 Å². The molecule has 16 heavy (non-hydrogen) atoms. The lowest BCUT2D eigenvalue weighted by Gasteiger charge is -2.15. The van der Waals surface area contributed by atoms with Crippen molar-refractivity contribution in [3.05, 3.63) is 46.1 Å². The maximum atomic E-state index is 13.8. The van der Waals surface area contributed by atoms with Gasteiger partial charge in [-0.1, -0.05) is 30.3 Å². The van der Waals surface area contributed by atoms with Crippen molar-refractivity contribution in [2.45, 2.75) is 12.5 Å². The molecular formula is C10H8F2IN3. The fraction of sp³-hybridized carbons (Fsp3) is 0.200. The van der Waals surface area contributed by atoms with Crippen LogP contribution in [0.25, 0.3) is 0 Å². The standard InChI is InChI=1S/C10H8F2IN3/c11-10(12,8-4-2-1-3-5-8)6-16-7-14-9(13)15-16/h1-5,7H,6H2. The summed E-state index contributed by atoms with van der Waals surface area (Å²) in [6, 6.07) is 7.70. The number of nitrogens with zero attached hydrogens (tertiary/aromatic N) is 3. The van der Waals surface area contributed by atoms with Crippen LogP contribution in [0.5, 0.6) is 0 Å². The van der Waals surface area contributed by atoms with Gasteiger partial charge in [-0.3, -0.25) is 0 Å². The molecule has 0 N–H and O–H groups in total. The molecule has 0 saturated heterocycles. The van der Waals surface area contributed by atoms with Crippen molar-refractivity contribution in [1.29, 1.82) is 0 Å². The van der Waals surface area contributed by atoms with Gasteiger partial charge in [-0.05, 0) is 0 Å². The smallest absolute Gasteiger partial charge is 0.245 e. The maximum Gasteiger partial charge on any atom is 0.292 e. The van der Waals surface area contributed by atoms with Crippen LogP contribution in [0.15, 0.2) is 36.7 Å². The van der Waals surface area contributed by atoms with Gasteiger partial charge in [0.1, 0.15) is 12.9 Å². The van der Waals surface area contributed by atoms with Crippen LogP contribution in [-0.4, -0.2) is 14.8 Å². The molecule has 0 bridgehead atoms. The lowest BCUT2D eigenvalue weighted by molar-refractivity contribution is -0.0255. The molecule has 0 aliphatic rings. The lowest BCUT2D eigenvalue weighted by Crippen LogP contribution is -2.21. The molecule has 2 aromatic rings. The predicted octanol–water partition coefficient (Wildman–Crippen LogP) is 2.67. The van der Waals surface area contributed by atoms with Gasteiger partial charge >= 0.3 is 0 Å². The van der Waals surface area contributed by atoms with Crippen molar-refractivity contribution < 1.29 is 8.78 Å². The largest absolute Gasteiger partial charge is 0.292 e. The van der Waals surface area contributed by atoms with Gasteiger partial charge in [-0.15, -0.1) is 5.10 Å². The molecular weight excluding hydrogens is 327 g/mol. The minimum absolute atomic E-state index is 0.0134. The molecule has 6 heteroatoms. The molecule has 0 radical (unpaired) electrons. The molecule has 1 aromatic carbocycles.